The van der Waals surface area contributed by atoms with Crippen molar-refractivity contribution in [1.82, 2.24) is 0 Å². The van der Waals surface area contributed by atoms with Gasteiger partial charge in [-0.3, -0.25) is 18.4 Å². The Labute approximate surface area is 322 Å². The minimum absolute atomic E-state index is 0.0248. The van der Waals surface area contributed by atoms with Gasteiger partial charge in [0.25, 0.3) is 0 Å². The zero-order chi connectivity index (χ0) is 41.1. The third kappa shape index (κ3) is 23.5. The van der Waals surface area contributed by atoms with Gasteiger partial charge >= 0.3 is 27.6 Å². The number of esters is 2. The van der Waals surface area contributed by atoms with Gasteiger partial charge in [0, 0.05) is 12.3 Å². The van der Waals surface area contributed by atoms with Crippen LogP contribution >= 0.6 is 15.6 Å². The van der Waals surface area contributed by atoms with E-state index in [1.807, 2.05) is 0 Å². The van der Waals surface area contributed by atoms with Crippen molar-refractivity contribution in [3.8, 4) is 59.2 Å². The fourth-order valence-electron chi connectivity index (χ4n) is 5.14. The molecule has 0 amide bonds. The Bertz CT molecular complexity index is 1600. The Morgan fingerprint density at radius 1 is 0.618 bits per heavy atom. The van der Waals surface area contributed by atoms with Crippen LogP contribution in [0.25, 0.3) is 0 Å². The third-order valence-electron chi connectivity index (χ3n) is 7.89. The first-order chi connectivity index (χ1) is 26.1. The van der Waals surface area contributed by atoms with Crippen molar-refractivity contribution in [3.63, 3.8) is 0 Å². The number of hydrogen-bond donors (Lipinski definition) is 7. The lowest BCUT2D eigenvalue weighted by Crippen LogP contribution is -2.64. The number of carbonyl (C=O) groups excluding carboxylic acids is 2. The van der Waals surface area contributed by atoms with E-state index in [9.17, 15) is 44.0 Å². The molecule has 0 aromatic carbocycles. The molecule has 0 aliphatic heterocycles. The number of aliphatic hydroxyl groups is 4. The molecule has 1 fully saturated rings. The number of ether oxygens (including phenoxy) is 2. The van der Waals surface area contributed by atoms with E-state index in [0.717, 1.165) is 32.1 Å². The van der Waals surface area contributed by atoms with Gasteiger partial charge in [0.15, 0.2) is 6.10 Å². The van der Waals surface area contributed by atoms with Crippen LogP contribution in [0.2, 0.25) is 0 Å². The predicted molar refractivity (Wildman–Crippen MR) is 197 cm³/mol. The summed E-state index contributed by atoms with van der Waals surface area (Å²) >= 11 is 0. The van der Waals surface area contributed by atoms with Gasteiger partial charge in [0.1, 0.15) is 43.2 Å². The molecule has 0 aromatic rings. The van der Waals surface area contributed by atoms with Gasteiger partial charge in [0.05, 0.1) is 6.61 Å². The lowest BCUT2D eigenvalue weighted by atomic mass is 9.85. The number of aliphatic hydroxyl groups excluding tert-OH is 4. The average molecular weight is 815 g/mol. The Morgan fingerprint density at radius 2 is 1.09 bits per heavy atom. The lowest BCUT2D eigenvalue weighted by molar-refractivity contribution is -0.216. The Morgan fingerprint density at radius 3 is 1.60 bits per heavy atom. The van der Waals surface area contributed by atoms with Gasteiger partial charge in [-0.25, -0.2) is 13.9 Å². The van der Waals surface area contributed by atoms with Crippen molar-refractivity contribution in [2.45, 2.75) is 146 Å². The number of carbonyl (C=O) groups is 2. The maximum absolute atomic E-state index is 12.8. The maximum atomic E-state index is 12.8. The zero-order valence-electron chi connectivity index (χ0n) is 31.1. The summed E-state index contributed by atoms with van der Waals surface area (Å²) in [7, 11) is -10.7. The fraction of sp³-hybridized carbons (Fsp3) is 0.676. The van der Waals surface area contributed by atoms with Crippen LogP contribution in [-0.2, 0) is 41.8 Å². The fourth-order valence-corrected chi connectivity index (χ4v) is 6.68. The summed E-state index contributed by atoms with van der Waals surface area (Å²) in [6.45, 7) is 2.15. The summed E-state index contributed by atoms with van der Waals surface area (Å²) < 4.78 is 48.4. The lowest BCUT2D eigenvalue weighted by Gasteiger charge is -2.43. The highest BCUT2D eigenvalue weighted by Crippen LogP contribution is 2.49. The predicted octanol–water partition coefficient (Wildman–Crippen LogP) is 2.40. The summed E-state index contributed by atoms with van der Waals surface area (Å²) in [5.41, 5.74) is 0. The molecule has 0 saturated heterocycles. The highest BCUT2D eigenvalue weighted by atomic mass is 31.2. The maximum Gasteiger partial charge on any atom is 0.472 e. The van der Waals surface area contributed by atoms with Crippen LogP contribution in [0.4, 0.5) is 0 Å². The number of phosphoric acid groups is 2. The van der Waals surface area contributed by atoms with Gasteiger partial charge in [-0.1, -0.05) is 89.9 Å². The van der Waals surface area contributed by atoms with Crippen molar-refractivity contribution in [2.75, 3.05) is 13.2 Å². The third-order valence-corrected chi connectivity index (χ3v) is 9.40. The van der Waals surface area contributed by atoms with E-state index >= 15 is 0 Å². The van der Waals surface area contributed by atoms with Crippen molar-refractivity contribution in [3.05, 3.63) is 0 Å². The summed E-state index contributed by atoms with van der Waals surface area (Å²) in [5.74, 6) is 21.7. The summed E-state index contributed by atoms with van der Waals surface area (Å²) in [6.07, 6.45) is -0.967. The first-order valence-electron chi connectivity index (χ1n) is 18.0. The van der Waals surface area contributed by atoms with Gasteiger partial charge in [-0.15, -0.1) is 0 Å². The van der Waals surface area contributed by atoms with Gasteiger partial charge in [0.2, 0.25) is 0 Å². The van der Waals surface area contributed by atoms with Gasteiger partial charge in [-0.05, 0) is 60.7 Å². The molecule has 8 atom stereocenters. The summed E-state index contributed by atoms with van der Waals surface area (Å²) in [6, 6.07) is 0. The topological polar surface area (TPSA) is 256 Å². The van der Waals surface area contributed by atoms with Crippen LogP contribution in [0.5, 0.6) is 0 Å². The number of phosphoric ester groups is 2. The molecule has 16 nitrogen and oxygen atoms in total. The molecule has 0 spiro atoms. The van der Waals surface area contributed by atoms with Gasteiger partial charge in [-0.2, -0.15) is 0 Å². The highest BCUT2D eigenvalue weighted by Gasteiger charge is 2.54. The van der Waals surface area contributed by atoms with E-state index in [-0.39, 0.29) is 6.42 Å². The molecule has 306 valence electrons. The molecule has 1 aliphatic carbocycles. The van der Waals surface area contributed by atoms with Crippen molar-refractivity contribution in [2.24, 2.45) is 0 Å². The molecule has 1 saturated carbocycles. The van der Waals surface area contributed by atoms with Crippen LogP contribution < -0.4 is 0 Å². The Hall–Kier alpha value is -3.20. The standard InChI is InChI=1S/C37H52O16P2/c1-3-5-7-9-11-13-14-15-16-18-20-22-24-26-31(39)51-29(27-49-30(38)25-23-21-19-17-12-10-8-6-4-2)28-50-55(47,48)53-37-34(42)32(40)33(41)36(35(37)43)52-54(44,45)46/h29,32-37,40-43H,3,5,7,9,11,13-16,18,20,22,24,26-28H2,1-2H3,(H,47,48)(H2,44,45,46)/t29-,32+,33+,34?,35-,36?,37?/m0/s1. The Balaban J connectivity index is 2.81. The minimum Gasteiger partial charge on any atom is -0.456 e. The molecule has 0 heterocycles. The van der Waals surface area contributed by atoms with Crippen LogP contribution in [0.15, 0.2) is 0 Å². The highest BCUT2D eigenvalue weighted by molar-refractivity contribution is 7.47. The summed E-state index contributed by atoms with van der Waals surface area (Å²) in [4.78, 5) is 53.4. The number of rotatable bonds is 24. The molecular formula is C37H52O16P2. The molecule has 55 heavy (non-hydrogen) atoms. The van der Waals surface area contributed by atoms with Gasteiger partial charge < -0.3 is 44.6 Å². The van der Waals surface area contributed by atoms with Crippen molar-refractivity contribution >= 4 is 27.6 Å². The molecule has 0 aromatic heterocycles. The Kier molecular flexibility index (Phi) is 25.6. The van der Waals surface area contributed by atoms with Crippen molar-refractivity contribution in [1.29, 1.82) is 0 Å². The molecule has 0 bridgehead atoms. The van der Waals surface area contributed by atoms with E-state index in [1.54, 1.807) is 6.92 Å². The number of hydrogen-bond acceptors (Lipinski definition) is 13. The van der Waals surface area contributed by atoms with Crippen LogP contribution in [0, 0.1) is 59.2 Å². The SMILES string of the molecule is CC#CC#CC#CC#CC#CC(=O)OC[C@@H](COP(=O)(O)OC1C(O)[C@H](O)[C@@H](O)C(OP(=O)(O)O)[C@@H]1O)OC(=O)CCCCCCCCCCCCCCC. The van der Waals surface area contributed by atoms with Crippen LogP contribution in [0.3, 0.4) is 0 Å². The zero-order valence-corrected chi connectivity index (χ0v) is 32.8. The molecular weight excluding hydrogens is 762 g/mol. The molecule has 7 N–H and O–H groups in total. The first kappa shape index (κ1) is 49.8. The van der Waals surface area contributed by atoms with E-state index in [0.29, 0.717) is 6.42 Å². The molecule has 1 aliphatic rings. The van der Waals surface area contributed by atoms with Crippen molar-refractivity contribution < 1.29 is 76.9 Å². The van der Waals surface area contributed by atoms with E-state index in [4.69, 9.17) is 28.3 Å². The normalized spacial score (nSPS) is 21.8. The summed E-state index contributed by atoms with van der Waals surface area (Å²) in [5, 5.41) is 40.9. The minimum atomic E-state index is -5.38. The molecule has 1 rings (SSSR count). The average Bonchev–Trinajstić information content (AvgIpc) is 3.13. The van der Waals surface area contributed by atoms with E-state index < -0.39 is 83.5 Å². The van der Waals surface area contributed by atoms with Crippen LogP contribution in [-0.4, -0.2) is 103 Å². The first-order valence-corrected chi connectivity index (χ1v) is 21.0. The second kappa shape index (κ2) is 28.2. The molecule has 0 radical (unpaired) electrons. The quantitative estimate of drug-likeness (QED) is 0.0243. The van der Waals surface area contributed by atoms with E-state index in [1.165, 1.54) is 44.9 Å². The molecule has 4 unspecified atom stereocenters. The van der Waals surface area contributed by atoms with Crippen LogP contribution in [0.1, 0.15) is 104 Å². The largest absolute Gasteiger partial charge is 0.472 e. The second-order valence-corrected chi connectivity index (χ2v) is 15.0. The monoisotopic (exact) mass is 814 g/mol. The second-order valence-electron chi connectivity index (χ2n) is 12.4. The molecule has 18 heteroatoms. The van der Waals surface area contributed by atoms with E-state index in [2.05, 4.69) is 70.7 Å². The number of unbranched alkanes of at least 4 members (excludes halogenated alkanes) is 12. The smallest absolute Gasteiger partial charge is 0.456 e.